The minimum Gasteiger partial charge on any atom is -0.395 e. The zero-order chi connectivity index (χ0) is 28.2. The summed E-state index contributed by atoms with van der Waals surface area (Å²) in [6.45, 7) is 7.40. The molecule has 4 N–H and O–H groups in total. The molecule has 1 saturated heterocycles. The molecule has 0 radical (unpaired) electrons. The third-order valence-corrected chi connectivity index (χ3v) is 6.41. The number of carbonyl (C=O) groups is 1. The first kappa shape index (κ1) is 28.3. The van der Waals surface area contributed by atoms with Crippen LogP contribution in [-0.2, 0) is 6.18 Å². The first-order chi connectivity index (χ1) is 18.5. The van der Waals surface area contributed by atoms with Gasteiger partial charge in [-0.25, -0.2) is 4.79 Å². The fraction of sp³-hybridized carbons (Fsp3) is 0.360. The summed E-state index contributed by atoms with van der Waals surface area (Å²) in [6.07, 6.45) is -4.65. The van der Waals surface area contributed by atoms with E-state index >= 15 is 0 Å². The lowest BCUT2D eigenvalue weighted by Crippen LogP contribution is -2.47. The summed E-state index contributed by atoms with van der Waals surface area (Å²) in [6, 6.07) is 7.53. The number of halogens is 4. The molecule has 0 spiro atoms. The van der Waals surface area contributed by atoms with Crippen molar-refractivity contribution in [3.8, 4) is 0 Å². The Labute approximate surface area is 228 Å². The fourth-order valence-corrected chi connectivity index (χ4v) is 4.27. The Bertz CT molecular complexity index is 1330. The predicted molar refractivity (Wildman–Crippen MR) is 144 cm³/mol. The van der Waals surface area contributed by atoms with Crippen LogP contribution in [0.5, 0.6) is 0 Å². The second-order valence-electron chi connectivity index (χ2n) is 8.98. The van der Waals surface area contributed by atoms with Crippen molar-refractivity contribution in [3.05, 3.63) is 58.4 Å². The van der Waals surface area contributed by atoms with E-state index in [1.165, 1.54) is 6.07 Å². The summed E-state index contributed by atoms with van der Waals surface area (Å²) in [5.41, 5.74) is 0.785. The van der Waals surface area contributed by atoms with E-state index in [1.807, 2.05) is 6.92 Å². The van der Waals surface area contributed by atoms with Gasteiger partial charge in [-0.05, 0) is 49.7 Å². The molecule has 1 aromatic heterocycles. The molecule has 1 aliphatic rings. The van der Waals surface area contributed by atoms with E-state index < -0.39 is 22.8 Å². The summed E-state index contributed by atoms with van der Waals surface area (Å²) in [5.74, 6) is 1.41. The van der Waals surface area contributed by atoms with Crippen LogP contribution in [-0.4, -0.2) is 70.3 Å². The van der Waals surface area contributed by atoms with Gasteiger partial charge in [-0.1, -0.05) is 17.7 Å². The normalized spacial score (nSPS) is 14.3. The zero-order valence-electron chi connectivity index (χ0n) is 21.3. The van der Waals surface area contributed by atoms with E-state index in [1.54, 1.807) is 25.1 Å². The molecule has 14 heteroatoms. The minimum atomic E-state index is -4.65. The summed E-state index contributed by atoms with van der Waals surface area (Å²) in [4.78, 5) is 30.1. The highest BCUT2D eigenvalue weighted by Gasteiger charge is 2.33. The van der Waals surface area contributed by atoms with Crippen LogP contribution in [0.1, 0.15) is 17.0 Å². The molecule has 0 atom stereocenters. The highest BCUT2D eigenvalue weighted by molar-refractivity contribution is 6.31. The van der Waals surface area contributed by atoms with Gasteiger partial charge < -0.3 is 26.0 Å². The van der Waals surface area contributed by atoms with Crippen molar-refractivity contribution in [2.24, 2.45) is 0 Å². The number of β-amino-alcohol motifs (C(OH)–C–C–N with tert-alkyl or cyclic N) is 1. The number of nitrogens with zero attached hydrogens (tertiary/aromatic N) is 5. The number of piperazine rings is 1. The number of aliphatic hydroxyl groups is 1. The monoisotopic (exact) mass is 564 g/mol. The number of hydrogen-bond acceptors (Lipinski definition) is 8. The predicted octanol–water partition coefficient (Wildman–Crippen LogP) is 4.66. The van der Waals surface area contributed by atoms with Gasteiger partial charge in [0.25, 0.3) is 0 Å². The van der Waals surface area contributed by atoms with Crippen molar-refractivity contribution in [2.75, 3.05) is 60.2 Å². The maximum absolute atomic E-state index is 13.1. The summed E-state index contributed by atoms with van der Waals surface area (Å²) >= 11 is 5.64. The number of aromatic nitrogens is 3. The topological polar surface area (TPSA) is 119 Å². The number of urea groups is 1. The first-order valence-electron chi connectivity index (χ1n) is 12.1. The molecule has 2 heterocycles. The lowest BCUT2D eigenvalue weighted by atomic mass is 10.2. The van der Waals surface area contributed by atoms with E-state index in [4.69, 9.17) is 16.7 Å². The zero-order valence-corrected chi connectivity index (χ0v) is 22.1. The van der Waals surface area contributed by atoms with Crippen LogP contribution in [0.25, 0.3) is 0 Å². The van der Waals surface area contributed by atoms with Gasteiger partial charge in [0.15, 0.2) is 0 Å². The minimum absolute atomic E-state index is 0.0555. The standard InChI is InChI=1S/C25H28ClF3N8O2/c1-15-3-4-18(33-24(39)32-17-5-6-20(26)19(13-17)25(27,28)29)14-21(15)34-22-30-16(2)31-23(35-22)37-9-7-36(8-10-37)11-12-38/h3-6,13-14,38H,7-12H2,1-2H3,(H2,32,33,39)(H,30,31,34,35). The average molecular weight is 565 g/mol. The molecular weight excluding hydrogens is 537 g/mol. The van der Waals surface area contributed by atoms with Crippen molar-refractivity contribution in [3.63, 3.8) is 0 Å². The Balaban J connectivity index is 1.44. The Morgan fingerprint density at radius 1 is 1.00 bits per heavy atom. The number of amides is 2. The highest BCUT2D eigenvalue weighted by atomic mass is 35.5. The van der Waals surface area contributed by atoms with Crippen molar-refractivity contribution >= 4 is 46.6 Å². The Hall–Kier alpha value is -3.68. The van der Waals surface area contributed by atoms with Gasteiger partial charge in [0, 0.05) is 49.8 Å². The van der Waals surface area contributed by atoms with Crippen molar-refractivity contribution in [2.45, 2.75) is 20.0 Å². The van der Waals surface area contributed by atoms with Gasteiger partial charge in [-0.15, -0.1) is 0 Å². The SMILES string of the molecule is Cc1nc(Nc2cc(NC(=O)Nc3ccc(Cl)c(C(F)(F)F)c3)ccc2C)nc(N2CCN(CCO)CC2)n1. The van der Waals surface area contributed by atoms with Crippen molar-refractivity contribution in [1.29, 1.82) is 0 Å². The highest BCUT2D eigenvalue weighted by Crippen LogP contribution is 2.36. The molecule has 2 aromatic carbocycles. The van der Waals surface area contributed by atoms with E-state index in [9.17, 15) is 18.0 Å². The molecule has 0 saturated carbocycles. The number of rotatable bonds is 7. The van der Waals surface area contributed by atoms with E-state index in [2.05, 4.69) is 40.7 Å². The number of alkyl halides is 3. The van der Waals surface area contributed by atoms with Gasteiger partial charge in [-0.2, -0.15) is 28.1 Å². The van der Waals surface area contributed by atoms with Crippen LogP contribution < -0.4 is 20.9 Å². The maximum atomic E-state index is 13.1. The number of aryl methyl sites for hydroxylation is 2. The summed E-state index contributed by atoms with van der Waals surface area (Å²) in [5, 5.41) is 16.9. The molecular formula is C25H28ClF3N8O2. The number of hydrogen-bond donors (Lipinski definition) is 4. The smallest absolute Gasteiger partial charge is 0.395 e. The van der Waals surface area contributed by atoms with Gasteiger partial charge in [0.1, 0.15) is 5.82 Å². The molecule has 0 bridgehead atoms. The molecule has 1 aliphatic heterocycles. The van der Waals surface area contributed by atoms with E-state index in [-0.39, 0.29) is 12.3 Å². The van der Waals surface area contributed by atoms with E-state index in [0.29, 0.717) is 48.7 Å². The number of carbonyl (C=O) groups excluding carboxylic acids is 1. The van der Waals surface area contributed by atoms with Gasteiger partial charge in [-0.3, -0.25) is 4.90 Å². The molecule has 0 aliphatic carbocycles. The second-order valence-corrected chi connectivity index (χ2v) is 9.39. The molecule has 208 valence electrons. The van der Waals surface area contributed by atoms with Crippen LogP contribution in [0.3, 0.4) is 0 Å². The van der Waals surface area contributed by atoms with Crippen molar-refractivity contribution < 1.29 is 23.1 Å². The van der Waals surface area contributed by atoms with Gasteiger partial charge in [0.05, 0.1) is 17.2 Å². The quantitative estimate of drug-likeness (QED) is 0.327. The molecule has 3 aromatic rings. The lowest BCUT2D eigenvalue weighted by molar-refractivity contribution is -0.137. The number of aliphatic hydroxyl groups excluding tert-OH is 1. The first-order valence-corrected chi connectivity index (χ1v) is 12.5. The average Bonchev–Trinajstić information content (AvgIpc) is 2.87. The summed E-state index contributed by atoms with van der Waals surface area (Å²) < 4.78 is 39.4. The number of anilines is 5. The Morgan fingerprint density at radius 3 is 2.33 bits per heavy atom. The second kappa shape index (κ2) is 12.0. The fourth-order valence-electron chi connectivity index (χ4n) is 4.05. The third kappa shape index (κ3) is 7.46. The maximum Gasteiger partial charge on any atom is 0.417 e. The van der Waals surface area contributed by atoms with Crippen LogP contribution >= 0.6 is 11.6 Å². The van der Waals surface area contributed by atoms with Gasteiger partial charge in [0.2, 0.25) is 11.9 Å². The molecule has 4 rings (SSSR count). The van der Waals surface area contributed by atoms with Gasteiger partial charge >= 0.3 is 12.2 Å². The van der Waals surface area contributed by atoms with Crippen LogP contribution in [0.2, 0.25) is 5.02 Å². The van der Waals surface area contributed by atoms with Crippen LogP contribution in [0, 0.1) is 13.8 Å². The Morgan fingerprint density at radius 2 is 1.67 bits per heavy atom. The lowest BCUT2D eigenvalue weighted by Gasteiger charge is -2.34. The van der Waals surface area contributed by atoms with Crippen molar-refractivity contribution in [1.82, 2.24) is 19.9 Å². The molecule has 0 unspecified atom stereocenters. The third-order valence-electron chi connectivity index (χ3n) is 6.08. The molecule has 2 amide bonds. The molecule has 39 heavy (non-hydrogen) atoms. The largest absolute Gasteiger partial charge is 0.417 e. The number of benzene rings is 2. The molecule has 1 fully saturated rings. The molecule has 10 nitrogen and oxygen atoms in total. The Kier molecular flexibility index (Phi) is 8.73. The van der Waals surface area contributed by atoms with Crippen LogP contribution in [0.15, 0.2) is 36.4 Å². The van der Waals surface area contributed by atoms with E-state index in [0.717, 1.165) is 30.8 Å². The van der Waals surface area contributed by atoms with Crippen LogP contribution in [0.4, 0.5) is 46.9 Å². The number of nitrogens with one attached hydrogen (secondary N) is 3. The summed E-state index contributed by atoms with van der Waals surface area (Å²) in [7, 11) is 0.